The zero-order valence-corrected chi connectivity index (χ0v) is 15.0. The number of carbonyl (C=O) groups is 1. The highest BCUT2D eigenvalue weighted by molar-refractivity contribution is 5.76. The van der Waals surface area contributed by atoms with E-state index < -0.39 is 0 Å². The van der Waals surface area contributed by atoms with Crippen LogP contribution in [0.25, 0.3) is 0 Å². The Labute approximate surface area is 145 Å². The molecule has 0 unspecified atom stereocenters. The van der Waals surface area contributed by atoms with E-state index in [0.29, 0.717) is 0 Å². The molecule has 0 radical (unpaired) electrons. The van der Waals surface area contributed by atoms with Gasteiger partial charge in [0.1, 0.15) is 6.61 Å². The summed E-state index contributed by atoms with van der Waals surface area (Å²) in [5.41, 5.74) is 1.69. The zero-order valence-electron chi connectivity index (χ0n) is 15.0. The maximum Gasteiger partial charge on any atom is 0.248 e. The summed E-state index contributed by atoms with van der Waals surface area (Å²) in [5, 5.41) is 0. The second-order valence-electron chi connectivity index (χ2n) is 7.70. The van der Waals surface area contributed by atoms with Gasteiger partial charge in [-0.3, -0.25) is 4.79 Å². The van der Waals surface area contributed by atoms with Gasteiger partial charge in [0.15, 0.2) is 0 Å². The molecular weight excluding hydrogens is 300 g/mol. The van der Waals surface area contributed by atoms with Gasteiger partial charge in [-0.25, -0.2) is 0 Å². The molecule has 24 heavy (non-hydrogen) atoms. The molecular formula is C20H30N2O2. The Kier molecular flexibility index (Phi) is 5.57. The van der Waals surface area contributed by atoms with Crippen molar-refractivity contribution in [2.75, 3.05) is 46.9 Å². The van der Waals surface area contributed by atoms with Gasteiger partial charge >= 0.3 is 0 Å². The van der Waals surface area contributed by atoms with Crippen molar-refractivity contribution in [3.63, 3.8) is 0 Å². The van der Waals surface area contributed by atoms with Crippen LogP contribution in [0.1, 0.15) is 24.8 Å². The van der Waals surface area contributed by atoms with Gasteiger partial charge in [-0.15, -0.1) is 0 Å². The Balaban J connectivity index is 1.50. The number of likely N-dealkylation sites (N-methyl/N-ethyl adjacent to an activating group) is 1. The van der Waals surface area contributed by atoms with Gasteiger partial charge in [0.25, 0.3) is 0 Å². The number of benzene rings is 1. The number of amides is 1. The largest absolute Gasteiger partial charge is 0.371 e. The number of likely N-dealkylation sites (tertiary alicyclic amines) is 1. The van der Waals surface area contributed by atoms with Crippen LogP contribution in [-0.4, -0.2) is 62.7 Å². The first kappa shape index (κ1) is 17.4. The molecule has 1 saturated heterocycles. The molecule has 1 aromatic rings. The smallest absolute Gasteiger partial charge is 0.248 e. The first-order valence-corrected chi connectivity index (χ1v) is 9.13. The molecule has 1 amide bonds. The topological polar surface area (TPSA) is 32.8 Å². The number of hydrogen-bond acceptors (Lipinski definition) is 3. The quantitative estimate of drug-likeness (QED) is 0.770. The van der Waals surface area contributed by atoms with Crippen LogP contribution >= 0.6 is 0 Å². The predicted molar refractivity (Wildman–Crippen MR) is 95.9 cm³/mol. The van der Waals surface area contributed by atoms with E-state index in [9.17, 15) is 4.79 Å². The van der Waals surface area contributed by atoms with Crippen LogP contribution in [0.5, 0.6) is 0 Å². The average molecular weight is 330 g/mol. The van der Waals surface area contributed by atoms with E-state index in [-0.39, 0.29) is 17.9 Å². The number of rotatable bonds is 7. The Morgan fingerprint density at radius 1 is 1.33 bits per heavy atom. The lowest BCUT2D eigenvalue weighted by Gasteiger charge is -2.29. The highest BCUT2D eigenvalue weighted by Crippen LogP contribution is 2.48. The monoisotopic (exact) mass is 330 g/mol. The minimum absolute atomic E-state index is 0.0554. The second kappa shape index (κ2) is 7.66. The van der Waals surface area contributed by atoms with Crippen molar-refractivity contribution in [3.05, 3.63) is 35.9 Å². The van der Waals surface area contributed by atoms with E-state index in [0.717, 1.165) is 32.0 Å². The third-order valence-electron chi connectivity index (χ3n) is 5.78. The van der Waals surface area contributed by atoms with Gasteiger partial charge < -0.3 is 14.5 Å². The normalized spacial score (nSPS) is 26.5. The molecule has 2 aliphatic rings. The molecule has 3 rings (SSSR count). The fraction of sp³-hybridized carbons (Fsp3) is 0.650. The van der Waals surface area contributed by atoms with E-state index in [1.165, 1.54) is 31.4 Å². The summed E-state index contributed by atoms with van der Waals surface area (Å²) in [6.07, 6.45) is 4.98. The van der Waals surface area contributed by atoms with Gasteiger partial charge in [0, 0.05) is 39.1 Å². The Hall–Kier alpha value is -1.39. The van der Waals surface area contributed by atoms with Crippen LogP contribution in [0.2, 0.25) is 0 Å². The number of fused-ring (bicyclic) bond motifs is 1. The number of ether oxygens (including phenoxy) is 1. The molecule has 1 aliphatic heterocycles. The predicted octanol–water partition coefficient (Wildman–Crippen LogP) is 2.44. The summed E-state index contributed by atoms with van der Waals surface area (Å²) in [6.45, 7) is 4.39. The lowest BCUT2D eigenvalue weighted by atomic mass is 9.81. The highest BCUT2D eigenvalue weighted by atomic mass is 16.5. The van der Waals surface area contributed by atoms with Crippen molar-refractivity contribution in [1.29, 1.82) is 0 Å². The van der Waals surface area contributed by atoms with Gasteiger partial charge in [-0.1, -0.05) is 36.8 Å². The lowest BCUT2D eigenvalue weighted by molar-refractivity contribution is -0.135. The molecule has 4 nitrogen and oxygen atoms in total. The summed E-state index contributed by atoms with van der Waals surface area (Å²) in [7, 11) is 3.56. The maximum atomic E-state index is 11.7. The van der Waals surface area contributed by atoms with E-state index in [1.54, 1.807) is 19.0 Å². The van der Waals surface area contributed by atoms with Crippen molar-refractivity contribution < 1.29 is 9.53 Å². The Bertz CT molecular complexity index is 546. The van der Waals surface area contributed by atoms with Crippen LogP contribution in [0.3, 0.4) is 0 Å². The molecule has 2 atom stereocenters. The van der Waals surface area contributed by atoms with Crippen molar-refractivity contribution in [1.82, 2.24) is 9.80 Å². The van der Waals surface area contributed by atoms with Crippen LogP contribution < -0.4 is 0 Å². The van der Waals surface area contributed by atoms with Crippen LogP contribution in [0, 0.1) is 11.3 Å². The first-order valence-electron chi connectivity index (χ1n) is 9.13. The molecule has 132 valence electrons. The minimum Gasteiger partial charge on any atom is -0.371 e. The summed E-state index contributed by atoms with van der Waals surface area (Å²) in [5.74, 6) is 0.794. The molecule has 0 aromatic heterocycles. The summed E-state index contributed by atoms with van der Waals surface area (Å²) >= 11 is 0. The van der Waals surface area contributed by atoms with Gasteiger partial charge in [-0.2, -0.15) is 0 Å². The standard InChI is InChI=1S/C20H30N2O2/c1-21(2)19(23)14-24-16-20-11-6-9-18(20)13-22(15-20)12-10-17-7-4-3-5-8-17/h3-5,7-8,18H,6,9-16H2,1-2H3/t18-,20+/m0/s1. The molecule has 0 N–H and O–H groups in total. The molecule has 0 spiro atoms. The van der Waals surface area contributed by atoms with Gasteiger partial charge in [-0.05, 0) is 30.7 Å². The zero-order chi connectivity index (χ0) is 17.0. The molecule has 1 aromatic carbocycles. The number of carbonyl (C=O) groups excluding carboxylic acids is 1. The molecule has 4 heteroatoms. The Morgan fingerprint density at radius 3 is 2.88 bits per heavy atom. The fourth-order valence-corrected chi connectivity index (χ4v) is 4.33. The van der Waals surface area contributed by atoms with E-state index >= 15 is 0 Å². The summed E-state index contributed by atoms with van der Waals surface area (Å²) in [4.78, 5) is 15.9. The van der Waals surface area contributed by atoms with Gasteiger partial charge in [0.2, 0.25) is 5.91 Å². The third kappa shape index (κ3) is 3.98. The fourth-order valence-electron chi connectivity index (χ4n) is 4.33. The van der Waals surface area contributed by atoms with Crippen molar-refractivity contribution in [3.8, 4) is 0 Å². The van der Waals surface area contributed by atoms with Crippen molar-refractivity contribution in [2.45, 2.75) is 25.7 Å². The second-order valence-corrected chi connectivity index (χ2v) is 7.70. The van der Waals surface area contributed by atoms with Crippen LogP contribution in [0.4, 0.5) is 0 Å². The van der Waals surface area contributed by atoms with Crippen LogP contribution in [-0.2, 0) is 16.0 Å². The third-order valence-corrected chi connectivity index (χ3v) is 5.78. The van der Waals surface area contributed by atoms with Crippen LogP contribution in [0.15, 0.2) is 30.3 Å². The highest BCUT2D eigenvalue weighted by Gasteiger charge is 2.49. The lowest BCUT2D eigenvalue weighted by Crippen LogP contribution is -2.35. The van der Waals surface area contributed by atoms with Crippen molar-refractivity contribution >= 4 is 5.91 Å². The summed E-state index contributed by atoms with van der Waals surface area (Å²) < 4.78 is 5.84. The number of nitrogens with zero attached hydrogens (tertiary/aromatic N) is 2. The first-order chi connectivity index (χ1) is 11.6. The summed E-state index contributed by atoms with van der Waals surface area (Å²) in [6, 6.07) is 10.7. The molecule has 1 heterocycles. The van der Waals surface area contributed by atoms with E-state index in [4.69, 9.17) is 4.74 Å². The Morgan fingerprint density at radius 2 is 2.12 bits per heavy atom. The maximum absolute atomic E-state index is 11.7. The molecule has 1 saturated carbocycles. The van der Waals surface area contributed by atoms with E-state index in [1.807, 2.05) is 0 Å². The van der Waals surface area contributed by atoms with Gasteiger partial charge in [0.05, 0.1) is 6.61 Å². The number of hydrogen-bond donors (Lipinski definition) is 0. The molecule has 2 fully saturated rings. The minimum atomic E-state index is 0.0554. The SMILES string of the molecule is CN(C)C(=O)COC[C@]12CCC[C@H]1CN(CCc1ccccc1)C2. The molecule has 1 aliphatic carbocycles. The van der Waals surface area contributed by atoms with Crippen molar-refractivity contribution in [2.24, 2.45) is 11.3 Å². The van der Waals surface area contributed by atoms with E-state index in [2.05, 4.69) is 35.2 Å². The average Bonchev–Trinajstić information content (AvgIpc) is 3.10. The molecule has 0 bridgehead atoms.